The van der Waals surface area contributed by atoms with Crippen LogP contribution in [-0.4, -0.2) is 93.2 Å². The molecule has 0 aliphatic carbocycles. The predicted octanol–water partition coefficient (Wildman–Crippen LogP) is 2.13. The van der Waals surface area contributed by atoms with Crippen molar-refractivity contribution in [1.29, 1.82) is 10.5 Å². The van der Waals surface area contributed by atoms with E-state index in [1.807, 2.05) is 72.8 Å². The van der Waals surface area contributed by atoms with Crippen molar-refractivity contribution in [1.82, 2.24) is 61.2 Å². The van der Waals surface area contributed by atoms with Gasteiger partial charge in [-0.3, -0.25) is 0 Å². The van der Waals surface area contributed by atoms with E-state index in [1.54, 1.807) is 84.3 Å². The van der Waals surface area contributed by atoms with Gasteiger partial charge in [-0.2, -0.15) is 61.2 Å². The van der Waals surface area contributed by atoms with Gasteiger partial charge in [-0.05, 0) is 72.8 Å². The fraction of sp³-hybridized carbons (Fsp3) is 0. The maximum atomic E-state index is 7.26. The van der Waals surface area contributed by atoms with Crippen molar-refractivity contribution in [2.24, 2.45) is 0 Å². The van der Waals surface area contributed by atoms with Crippen LogP contribution in [0.3, 0.4) is 0 Å². The third-order valence-corrected chi connectivity index (χ3v) is 2.90. The van der Waals surface area contributed by atoms with Crippen LogP contribution in [0.25, 0.3) is 0 Å². The van der Waals surface area contributed by atoms with Crippen molar-refractivity contribution in [3.8, 4) is 9.94 Å². The minimum atomic E-state index is 0. The first-order valence-corrected chi connectivity index (χ1v) is 12.9. The van der Waals surface area contributed by atoms with Gasteiger partial charge in [0.1, 0.15) is 0 Å². The van der Waals surface area contributed by atoms with Crippen LogP contribution in [0, 0.1) is 20.5 Å². The first kappa shape index (κ1) is 42.5. The Morgan fingerprint density at radius 3 is 0.372 bits per heavy atom. The monoisotopic (exact) mass is 750 g/mol. The number of rotatable bonds is 0. The van der Waals surface area contributed by atoms with Crippen LogP contribution in [-0.2, 0) is 16.5 Å². The van der Waals surface area contributed by atoms with E-state index in [0.29, 0.717) is 0 Å². The molecule has 6 heterocycles. The summed E-state index contributed by atoms with van der Waals surface area (Å²) in [5.41, 5.74) is 0. The zero-order valence-corrected chi connectivity index (χ0v) is 26.7. The Morgan fingerprint density at radius 2 is 0.349 bits per heavy atom. The number of hydrogen-bond donors (Lipinski definition) is 0. The maximum Gasteiger partial charge on any atom is 2.00 e. The molecule has 0 aromatic carbocycles. The summed E-state index contributed by atoms with van der Waals surface area (Å²) in [4.78, 5) is 3.25. The molecule has 0 bridgehead atoms. The molecule has 6 aromatic heterocycles. The third kappa shape index (κ3) is 47.2. The molecule has 0 unspecified atom stereocenters. The van der Waals surface area contributed by atoms with Crippen molar-refractivity contribution in [2.45, 2.75) is 0 Å². The first-order chi connectivity index (χ1) is 20.8. The van der Waals surface area contributed by atoms with Crippen LogP contribution < -0.4 is 0 Å². The number of nitriles is 2. The van der Waals surface area contributed by atoms with Gasteiger partial charge in [-0.25, -0.2) is 0 Å². The van der Waals surface area contributed by atoms with Crippen LogP contribution in [0.4, 0.5) is 0 Å². The average molecular weight is 749 g/mol. The number of hydrogen-bond acceptors (Lipinski definition) is 14. The van der Waals surface area contributed by atoms with Crippen LogP contribution in [0.1, 0.15) is 0 Å². The van der Waals surface area contributed by atoms with E-state index in [4.69, 9.17) is 10.5 Å². The Kier molecular flexibility index (Phi) is 43.5. The van der Waals surface area contributed by atoms with Crippen molar-refractivity contribution in [2.75, 3.05) is 0 Å². The van der Waals surface area contributed by atoms with Crippen molar-refractivity contribution in [3.05, 3.63) is 147 Å². The largest absolute Gasteiger partial charge is 2.00 e. The zero-order valence-electron chi connectivity index (χ0n) is 22.3. The number of nitrogens with zero attached hydrogens (tertiary/aromatic N) is 14. The molecular weight excluding hydrogens is 725 g/mol. The molecule has 0 spiro atoms. The van der Waals surface area contributed by atoms with E-state index in [-0.39, 0.29) is 16.5 Å². The minimum absolute atomic E-state index is 0. The van der Waals surface area contributed by atoms with Crippen LogP contribution in [0.15, 0.2) is 147 Å². The molecule has 17 heteroatoms. The van der Waals surface area contributed by atoms with Gasteiger partial charge < -0.3 is 0 Å². The van der Waals surface area contributed by atoms with Crippen molar-refractivity contribution >= 4 is 32.0 Å². The Hall–Kier alpha value is -5.01. The second-order valence-electron chi connectivity index (χ2n) is 5.67. The normalized spacial score (nSPS) is 7.02. The summed E-state index contributed by atoms with van der Waals surface area (Å²) in [6.07, 6.45) is 19.7. The van der Waals surface area contributed by atoms with Gasteiger partial charge in [0, 0.05) is 74.4 Å². The average Bonchev–Trinajstić information content (AvgIpc) is 3.12. The zero-order chi connectivity index (χ0) is 30.9. The standard InChI is InChI=1S/6C4H4N2.2CHNSe.Ni/c6*1-2-4-6-5-3-1;2*2-1-3;/h6*1-4H;2*3H;/q;;;;;;;;+2/p-2. The van der Waals surface area contributed by atoms with Gasteiger partial charge in [-0.1, -0.05) is 0 Å². The van der Waals surface area contributed by atoms with Gasteiger partial charge in [0.15, 0.2) is 0 Å². The molecule has 0 amide bonds. The summed E-state index contributed by atoms with van der Waals surface area (Å²) in [6, 6.07) is 21.9. The van der Waals surface area contributed by atoms with Gasteiger partial charge >= 0.3 is 69.0 Å². The Morgan fingerprint density at radius 1 is 0.279 bits per heavy atom. The van der Waals surface area contributed by atoms with Crippen molar-refractivity contribution in [3.63, 3.8) is 0 Å². The molecular formula is C26H24N14NiSe2. The molecule has 6 aromatic rings. The maximum absolute atomic E-state index is 7.26. The molecule has 0 saturated carbocycles. The molecule has 0 fully saturated rings. The van der Waals surface area contributed by atoms with Crippen LogP contribution >= 0.6 is 0 Å². The Bertz CT molecular complexity index is 895. The minimum Gasteiger partial charge on any atom is -0.159 e. The molecule has 220 valence electrons. The molecule has 0 aliphatic rings. The molecule has 0 saturated heterocycles. The molecule has 14 nitrogen and oxygen atoms in total. The molecule has 6 rings (SSSR count). The van der Waals surface area contributed by atoms with E-state index < -0.39 is 0 Å². The molecule has 0 atom stereocenters. The van der Waals surface area contributed by atoms with E-state index in [2.05, 4.69) is 93.2 Å². The smallest absolute Gasteiger partial charge is 0.159 e. The second kappa shape index (κ2) is 44.0. The fourth-order valence-corrected chi connectivity index (χ4v) is 1.52. The topological polar surface area (TPSA) is 202 Å². The summed E-state index contributed by atoms with van der Waals surface area (Å²) in [7, 11) is 0. The quantitative estimate of drug-likeness (QED) is 0.204. The van der Waals surface area contributed by atoms with E-state index in [0.717, 1.165) is 0 Å². The molecule has 0 N–H and O–H groups in total. The fourth-order valence-electron chi connectivity index (χ4n) is 1.52. The number of aromatic nitrogens is 12. The molecule has 0 radical (unpaired) electrons. The molecule has 43 heavy (non-hydrogen) atoms. The SMILES string of the molecule is N#C[Se-].N#C[Se-].[Ni+2].c1ccnnc1.c1ccnnc1.c1ccnnc1.c1ccnnc1.c1ccnnc1.c1ccnnc1. The van der Waals surface area contributed by atoms with Crippen LogP contribution in [0.2, 0.25) is 0 Å². The summed E-state index contributed by atoms with van der Waals surface area (Å²) in [5.74, 6) is 0. The first-order valence-electron chi connectivity index (χ1n) is 11.2. The van der Waals surface area contributed by atoms with Gasteiger partial charge in [0.2, 0.25) is 0 Å². The molecule has 0 aliphatic heterocycles. The van der Waals surface area contributed by atoms with Crippen LogP contribution in [0.5, 0.6) is 0 Å². The second-order valence-corrected chi connectivity index (χ2v) is 6.43. The summed E-state index contributed by atoms with van der Waals surface area (Å²) in [5, 5.41) is 56.9. The van der Waals surface area contributed by atoms with Gasteiger partial charge in [-0.15, -0.1) is 0 Å². The summed E-state index contributed by atoms with van der Waals surface area (Å²) < 4.78 is 0. The Balaban J connectivity index is -0.000000429. The summed E-state index contributed by atoms with van der Waals surface area (Å²) >= 11 is 4.22. The van der Waals surface area contributed by atoms with E-state index in [1.165, 1.54) is 0 Å². The Labute approximate surface area is 276 Å². The summed E-state index contributed by atoms with van der Waals surface area (Å²) in [6.45, 7) is 0. The van der Waals surface area contributed by atoms with E-state index >= 15 is 0 Å². The predicted molar refractivity (Wildman–Crippen MR) is 155 cm³/mol. The van der Waals surface area contributed by atoms with Gasteiger partial charge in [0.25, 0.3) is 0 Å². The van der Waals surface area contributed by atoms with Gasteiger partial charge in [0.05, 0.1) is 0 Å². The van der Waals surface area contributed by atoms with E-state index in [9.17, 15) is 0 Å². The van der Waals surface area contributed by atoms with Crippen molar-refractivity contribution < 1.29 is 16.5 Å². The third-order valence-electron chi connectivity index (χ3n) is 2.90.